The van der Waals surface area contributed by atoms with Crippen LogP contribution in [0.3, 0.4) is 0 Å². The molecule has 0 saturated heterocycles. The second kappa shape index (κ2) is 8.42. The van der Waals surface area contributed by atoms with E-state index in [1.165, 1.54) is 24.3 Å². The zero-order valence-corrected chi connectivity index (χ0v) is 23.4. The van der Waals surface area contributed by atoms with Crippen LogP contribution in [-0.2, 0) is 4.57 Å². The van der Waals surface area contributed by atoms with Crippen LogP contribution in [0, 0.1) is 0 Å². The van der Waals surface area contributed by atoms with Crippen LogP contribution in [0.5, 0.6) is 0 Å². The van der Waals surface area contributed by atoms with Gasteiger partial charge < -0.3 is 4.57 Å². The zero-order chi connectivity index (χ0) is 29.0. The second-order valence-corrected chi connectivity index (χ2v) is 14.4. The SMILES string of the molecule is CC(F)(F)CC(F)(F)P(=O)(c1cc2ccc3cccc4ccc(c1)c2c34)c1cc2ccc3cccc4ccc(c1)c2c34. The third-order valence-corrected chi connectivity index (χ3v) is 11.7. The molecular formula is C36H23F4OP. The van der Waals surface area contributed by atoms with E-state index in [2.05, 4.69) is 0 Å². The average Bonchev–Trinajstić information content (AvgIpc) is 2.96. The van der Waals surface area contributed by atoms with Crippen molar-refractivity contribution in [1.82, 2.24) is 0 Å². The van der Waals surface area contributed by atoms with Crippen molar-refractivity contribution in [2.75, 3.05) is 0 Å². The summed E-state index contributed by atoms with van der Waals surface area (Å²) in [5, 5.41) is 10.1. The van der Waals surface area contributed by atoms with Crippen LogP contribution in [0.15, 0.2) is 109 Å². The van der Waals surface area contributed by atoms with Crippen LogP contribution >= 0.6 is 7.14 Å². The fraction of sp³-hybridized carbons (Fsp3) is 0.111. The molecular weight excluding hydrogens is 555 g/mol. The van der Waals surface area contributed by atoms with Gasteiger partial charge in [-0.2, -0.15) is 8.78 Å². The van der Waals surface area contributed by atoms with Gasteiger partial charge in [0.05, 0.1) is 6.42 Å². The molecule has 0 atom stereocenters. The van der Waals surface area contributed by atoms with Crippen molar-refractivity contribution in [3.05, 3.63) is 109 Å². The number of alkyl halides is 4. The highest BCUT2D eigenvalue weighted by Gasteiger charge is 2.56. The Morgan fingerprint density at radius 1 is 0.500 bits per heavy atom. The summed E-state index contributed by atoms with van der Waals surface area (Å²) >= 11 is 0. The Morgan fingerprint density at radius 3 is 1.10 bits per heavy atom. The fourth-order valence-corrected chi connectivity index (χ4v) is 9.69. The van der Waals surface area contributed by atoms with E-state index in [4.69, 9.17) is 0 Å². The van der Waals surface area contributed by atoms with Gasteiger partial charge in [-0.05, 0) is 95.8 Å². The van der Waals surface area contributed by atoms with Crippen LogP contribution in [0.4, 0.5) is 17.6 Å². The normalized spacial score (nSPS) is 13.5. The van der Waals surface area contributed by atoms with Gasteiger partial charge in [-0.15, -0.1) is 0 Å². The molecule has 6 heteroatoms. The van der Waals surface area contributed by atoms with Crippen molar-refractivity contribution in [3.63, 3.8) is 0 Å². The maximum absolute atomic E-state index is 16.4. The molecule has 206 valence electrons. The Bertz CT molecular complexity index is 2110. The van der Waals surface area contributed by atoms with Gasteiger partial charge in [0.1, 0.15) is 0 Å². The standard InChI is InChI=1S/C36H23F4OP/c1-35(37,38)20-36(39,40)42(41,29-16-25-12-8-21-4-2-5-22-9-13-26(17-29)33(25)31(21)22)30-18-27-14-10-23-6-3-7-24-11-15-28(19-30)34(27)32(23)24/h2-19H,20H2,1H3. The first-order valence-corrected chi connectivity index (χ1v) is 15.5. The van der Waals surface area contributed by atoms with E-state index in [-0.39, 0.29) is 10.6 Å². The predicted molar refractivity (Wildman–Crippen MR) is 167 cm³/mol. The molecule has 0 aliphatic rings. The maximum Gasteiger partial charge on any atom is 0.311 e. The number of rotatable bonds is 5. The van der Waals surface area contributed by atoms with Crippen molar-refractivity contribution in [2.45, 2.75) is 24.9 Å². The highest BCUT2D eigenvalue weighted by atomic mass is 31.2. The molecule has 0 N–H and O–H groups in total. The lowest BCUT2D eigenvalue weighted by molar-refractivity contribution is -0.0573. The third kappa shape index (κ3) is 3.53. The number of halogens is 4. The summed E-state index contributed by atoms with van der Waals surface area (Å²) in [6.45, 7) is 0.451. The van der Waals surface area contributed by atoms with E-state index in [9.17, 15) is 8.78 Å². The Balaban J connectivity index is 1.46. The highest BCUT2D eigenvalue weighted by Crippen LogP contribution is 2.62. The summed E-state index contributed by atoms with van der Waals surface area (Å²) in [4.78, 5) is 0. The summed E-state index contributed by atoms with van der Waals surface area (Å²) < 4.78 is 76.5. The van der Waals surface area contributed by atoms with Crippen LogP contribution in [0.25, 0.3) is 64.6 Å². The van der Waals surface area contributed by atoms with Gasteiger partial charge in [0.25, 0.3) is 5.92 Å². The predicted octanol–water partition coefficient (Wildman–Crippen LogP) is 10.4. The molecule has 0 saturated carbocycles. The Morgan fingerprint density at radius 2 is 0.786 bits per heavy atom. The summed E-state index contributed by atoms with van der Waals surface area (Å²) in [5.74, 6) is -3.73. The molecule has 0 unspecified atom stereocenters. The van der Waals surface area contributed by atoms with Crippen molar-refractivity contribution < 1.29 is 22.1 Å². The first kappa shape index (κ1) is 25.5. The Hall–Kier alpha value is -4.21. The number of benzene rings is 8. The summed E-state index contributed by atoms with van der Waals surface area (Å²) in [7, 11) is -4.97. The van der Waals surface area contributed by atoms with Gasteiger partial charge in [-0.3, -0.25) is 0 Å². The smallest absolute Gasteiger partial charge is 0.307 e. The van der Waals surface area contributed by atoms with Crippen molar-refractivity contribution in [3.8, 4) is 0 Å². The topological polar surface area (TPSA) is 17.1 Å². The van der Waals surface area contributed by atoms with Gasteiger partial charge in [0, 0.05) is 10.6 Å². The van der Waals surface area contributed by atoms with Crippen LogP contribution in [0.1, 0.15) is 13.3 Å². The van der Waals surface area contributed by atoms with Gasteiger partial charge in [0.15, 0.2) is 0 Å². The molecule has 0 fully saturated rings. The molecule has 0 aliphatic heterocycles. The van der Waals surface area contributed by atoms with Gasteiger partial charge in [0.2, 0.25) is 7.14 Å². The molecule has 8 aromatic carbocycles. The van der Waals surface area contributed by atoms with E-state index in [0.29, 0.717) is 28.5 Å². The summed E-state index contributed by atoms with van der Waals surface area (Å²) in [6.07, 6.45) is -1.83. The second-order valence-electron chi connectivity index (χ2n) is 11.5. The first-order chi connectivity index (χ1) is 20.0. The molecule has 0 aromatic heterocycles. The molecule has 0 bridgehead atoms. The minimum absolute atomic E-state index is 0.129. The molecule has 0 radical (unpaired) electrons. The molecule has 1 nitrogen and oxygen atoms in total. The van der Waals surface area contributed by atoms with Crippen molar-refractivity contribution in [1.29, 1.82) is 0 Å². The monoisotopic (exact) mass is 578 g/mol. The van der Waals surface area contributed by atoms with E-state index in [0.717, 1.165) is 43.1 Å². The van der Waals surface area contributed by atoms with Crippen LogP contribution in [-0.4, -0.2) is 11.6 Å². The quantitative estimate of drug-likeness (QED) is 0.113. The van der Waals surface area contributed by atoms with Gasteiger partial charge in [-0.1, -0.05) is 84.9 Å². The van der Waals surface area contributed by atoms with Gasteiger partial charge in [-0.25, -0.2) is 8.78 Å². The lowest BCUT2D eigenvalue weighted by atomic mass is 9.94. The lowest BCUT2D eigenvalue weighted by Crippen LogP contribution is -2.35. The minimum atomic E-state index is -4.97. The van der Waals surface area contributed by atoms with E-state index in [1.54, 1.807) is 0 Å². The number of hydrogen-bond acceptors (Lipinski definition) is 1. The summed E-state index contributed by atoms with van der Waals surface area (Å²) in [6, 6.07) is 32.9. The molecule has 0 heterocycles. The Kier molecular flexibility index (Phi) is 5.11. The third-order valence-electron chi connectivity index (χ3n) is 8.61. The fourth-order valence-electron chi connectivity index (χ4n) is 6.85. The first-order valence-electron chi connectivity index (χ1n) is 13.8. The largest absolute Gasteiger partial charge is 0.311 e. The Labute approximate surface area is 238 Å². The molecule has 0 aliphatic carbocycles. The number of hydrogen-bond donors (Lipinski definition) is 0. The molecule has 8 aromatic rings. The highest BCUT2D eigenvalue weighted by molar-refractivity contribution is 7.79. The lowest BCUT2D eigenvalue weighted by Gasteiger charge is -2.31. The van der Waals surface area contributed by atoms with E-state index < -0.39 is 25.1 Å². The minimum Gasteiger partial charge on any atom is -0.307 e. The molecule has 8 rings (SSSR count). The molecule has 42 heavy (non-hydrogen) atoms. The average molecular weight is 579 g/mol. The summed E-state index contributed by atoms with van der Waals surface area (Å²) in [5.41, 5.74) is -4.22. The van der Waals surface area contributed by atoms with E-state index >= 15 is 13.3 Å². The van der Waals surface area contributed by atoms with Crippen LogP contribution < -0.4 is 10.6 Å². The van der Waals surface area contributed by atoms with Gasteiger partial charge >= 0.3 is 5.66 Å². The van der Waals surface area contributed by atoms with Crippen LogP contribution in [0.2, 0.25) is 0 Å². The molecule has 0 spiro atoms. The van der Waals surface area contributed by atoms with E-state index in [1.807, 2.05) is 84.9 Å². The van der Waals surface area contributed by atoms with Crippen molar-refractivity contribution in [2.24, 2.45) is 0 Å². The zero-order valence-electron chi connectivity index (χ0n) is 22.5. The van der Waals surface area contributed by atoms with Crippen molar-refractivity contribution >= 4 is 82.4 Å². The molecule has 0 amide bonds. The maximum atomic E-state index is 16.4.